The van der Waals surface area contributed by atoms with Gasteiger partial charge >= 0.3 is 6.18 Å². The van der Waals surface area contributed by atoms with Crippen LogP contribution in [-0.2, 0) is 17.0 Å². The molecule has 4 nitrogen and oxygen atoms in total. The number of aromatic nitrogens is 2. The Balaban J connectivity index is 1.95. The van der Waals surface area contributed by atoms with Gasteiger partial charge in [0.05, 0.1) is 0 Å². The van der Waals surface area contributed by atoms with Crippen LogP contribution in [0.3, 0.4) is 0 Å². The highest BCUT2D eigenvalue weighted by Crippen LogP contribution is 2.33. The molecule has 0 radical (unpaired) electrons. The molecule has 2 heterocycles. The van der Waals surface area contributed by atoms with E-state index < -0.39 is 22.0 Å². The highest BCUT2D eigenvalue weighted by atomic mass is 32.2. The first-order valence-electron chi connectivity index (χ1n) is 4.97. The van der Waals surface area contributed by atoms with Crippen molar-refractivity contribution in [3.05, 3.63) is 5.01 Å². The van der Waals surface area contributed by atoms with Crippen molar-refractivity contribution in [2.45, 2.75) is 25.1 Å². The van der Waals surface area contributed by atoms with Crippen LogP contribution in [0.1, 0.15) is 17.8 Å². The first kappa shape index (κ1) is 12.7. The monoisotopic (exact) mass is 285 g/mol. The maximum atomic E-state index is 12.3. The van der Waals surface area contributed by atoms with Crippen molar-refractivity contribution in [2.24, 2.45) is 0 Å². The molecule has 0 aliphatic carbocycles. The molecule has 0 spiro atoms. The van der Waals surface area contributed by atoms with E-state index >= 15 is 0 Å². The van der Waals surface area contributed by atoms with Gasteiger partial charge < -0.3 is 5.32 Å². The largest absolute Gasteiger partial charge is 0.445 e. The van der Waals surface area contributed by atoms with Crippen LogP contribution in [0.15, 0.2) is 0 Å². The number of nitrogens with one attached hydrogen (secondary N) is 1. The maximum Gasteiger partial charge on any atom is 0.445 e. The molecule has 1 saturated heterocycles. The van der Waals surface area contributed by atoms with Crippen molar-refractivity contribution in [2.75, 3.05) is 16.8 Å². The molecule has 1 N–H and O–H groups in total. The van der Waals surface area contributed by atoms with E-state index in [9.17, 15) is 17.4 Å². The van der Waals surface area contributed by atoms with Gasteiger partial charge in [0, 0.05) is 28.3 Å². The predicted molar refractivity (Wildman–Crippen MR) is 59.4 cm³/mol. The summed E-state index contributed by atoms with van der Waals surface area (Å²) in [4.78, 5) is 0. The highest BCUT2D eigenvalue weighted by molar-refractivity contribution is 7.85. The summed E-state index contributed by atoms with van der Waals surface area (Å²) in [7, 11) is -0.780. The molecule has 1 aromatic rings. The standard InChI is InChI=1S/C8H10F3N3OS2/c9-8(10,11)6-13-14-7(16-6)12-5-1-3-17(15)4-2-5/h5H,1-4H2,(H,12,14). The van der Waals surface area contributed by atoms with Crippen molar-refractivity contribution in [3.8, 4) is 0 Å². The van der Waals surface area contributed by atoms with Crippen LogP contribution in [0, 0.1) is 0 Å². The number of hydrogen-bond acceptors (Lipinski definition) is 5. The number of rotatable bonds is 2. The van der Waals surface area contributed by atoms with Gasteiger partial charge in [-0.2, -0.15) is 13.2 Å². The van der Waals surface area contributed by atoms with Crippen LogP contribution >= 0.6 is 11.3 Å². The van der Waals surface area contributed by atoms with E-state index in [2.05, 4.69) is 15.5 Å². The van der Waals surface area contributed by atoms with Gasteiger partial charge in [0.2, 0.25) is 10.1 Å². The Morgan fingerprint density at radius 2 is 1.94 bits per heavy atom. The molecule has 0 amide bonds. The second kappa shape index (κ2) is 4.89. The Labute approximate surface area is 102 Å². The molecule has 0 atom stereocenters. The van der Waals surface area contributed by atoms with Gasteiger partial charge in [0.1, 0.15) is 0 Å². The summed E-state index contributed by atoms with van der Waals surface area (Å²) < 4.78 is 47.9. The molecular weight excluding hydrogens is 275 g/mol. The van der Waals surface area contributed by atoms with Crippen molar-refractivity contribution in [1.29, 1.82) is 0 Å². The van der Waals surface area contributed by atoms with E-state index in [1.165, 1.54) is 0 Å². The van der Waals surface area contributed by atoms with Gasteiger partial charge in [0.15, 0.2) is 0 Å². The van der Waals surface area contributed by atoms with Gasteiger partial charge in [-0.1, -0.05) is 11.3 Å². The maximum absolute atomic E-state index is 12.3. The van der Waals surface area contributed by atoms with E-state index in [1.54, 1.807) is 0 Å². The van der Waals surface area contributed by atoms with Crippen molar-refractivity contribution >= 4 is 27.3 Å². The number of nitrogens with zero attached hydrogens (tertiary/aromatic N) is 2. The van der Waals surface area contributed by atoms with Gasteiger partial charge in [-0.05, 0) is 12.8 Å². The molecule has 17 heavy (non-hydrogen) atoms. The Morgan fingerprint density at radius 1 is 1.29 bits per heavy atom. The summed E-state index contributed by atoms with van der Waals surface area (Å²) in [5.74, 6) is 1.17. The minimum Gasteiger partial charge on any atom is -0.357 e. The lowest BCUT2D eigenvalue weighted by Crippen LogP contribution is -2.29. The summed E-state index contributed by atoms with van der Waals surface area (Å²) in [5, 5.41) is 8.68. The Morgan fingerprint density at radius 3 is 2.47 bits per heavy atom. The third kappa shape index (κ3) is 3.38. The zero-order valence-corrected chi connectivity index (χ0v) is 10.3. The van der Waals surface area contributed by atoms with Gasteiger partial charge in [0.25, 0.3) is 0 Å². The zero-order chi connectivity index (χ0) is 12.5. The summed E-state index contributed by atoms with van der Waals surface area (Å²) in [6, 6.07) is 0.0433. The van der Waals surface area contributed by atoms with E-state index in [1.807, 2.05) is 0 Å². The fourth-order valence-corrected chi connectivity index (χ4v) is 3.50. The van der Waals surface area contributed by atoms with Crippen molar-refractivity contribution in [1.82, 2.24) is 10.2 Å². The van der Waals surface area contributed by atoms with Crippen LogP contribution in [0.25, 0.3) is 0 Å². The molecule has 0 saturated carbocycles. The molecule has 1 fully saturated rings. The first-order chi connectivity index (χ1) is 7.95. The average molecular weight is 285 g/mol. The summed E-state index contributed by atoms with van der Waals surface area (Å²) in [6.07, 6.45) is -3.06. The summed E-state index contributed by atoms with van der Waals surface area (Å²) in [6.45, 7) is 0. The van der Waals surface area contributed by atoms with Crippen LogP contribution < -0.4 is 5.32 Å². The molecule has 9 heteroatoms. The van der Waals surface area contributed by atoms with Gasteiger partial charge in [-0.15, -0.1) is 10.2 Å². The highest BCUT2D eigenvalue weighted by Gasteiger charge is 2.35. The summed E-state index contributed by atoms with van der Waals surface area (Å²) in [5.41, 5.74) is 0. The quantitative estimate of drug-likeness (QED) is 0.901. The Kier molecular flexibility index (Phi) is 3.67. The third-order valence-corrected chi connectivity index (χ3v) is 4.66. The molecular formula is C8H10F3N3OS2. The topological polar surface area (TPSA) is 54.9 Å². The summed E-state index contributed by atoms with van der Waals surface area (Å²) >= 11 is 0.500. The van der Waals surface area contributed by atoms with E-state index in [-0.39, 0.29) is 11.2 Å². The normalized spacial score (nSPS) is 25.8. The second-order valence-electron chi connectivity index (χ2n) is 3.68. The Hall–Kier alpha value is -0.700. The number of anilines is 1. The van der Waals surface area contributed by atoms with Gasteiger partial charge in [-0.25, -0.2) is 0 Å². The lowest BCUT2D eigenvalue weighted by atomic mass is 10.2. The van der Waals surface area contributed by atoms with Crippen LogP contribution in [-0.4, -0.2) is 32.0 Å². The minimum absolute atomic E-state index is 0.0433. The third-order valence-electron chi connectivity index (χ3n) is 2.38. The van der Waals surface area contributed by atoms with Crippen molar-refractivity contribution < 1.29 is 17.4 Å². The fourth-order valence-electron chi connectivity index (χ4n) is 1.51. The molecule has 2 rings (SSSR count). The molecule has 1 aliphatic heterocycles. The molecule has 1 aliphatic rings. The molecule has 96 valence electrons. The Bertz CT molecular complexity index is 410. The zero-order valence-electron chi connectivity index (χ0n) is 8.66. The van der Waals surface area contributed by atoms with Crippen LogP contribution in [0.2, 0.25) is 0 Å². The smallest absolute Gasteiger partial charge is 0.357 e. The number of alkyl halides is 3. The van der Waals surface area contributed by atoms with E-state index in [4.69, 9.17) is 0 Å². The minimum atomic E-state index is -4.44. The fraction of sp³-hybridized carbons (Fsp3) is 0.750. The lowest BCUT2D eigenvalue weighted by molar-refractivity contribution is -0.138. The lowest BCUT2D eigenvalue weighted by Gasteiger charge is -2.21. The van der Waals surface area contributed by atoms with Crippen LogP contribution in [0.5, 0.6) is 0 Å². The molecule has 0 unspecified atom stereocenters. The second-order valence-corrected chi connectivity index (χ2v) is 6.35. The van der Waals surface area contributed by atoms with Crippen molar-refractivity contribution in [3.63, 3.8) is 0 Å². The average Bonchev–Trinajstić information content (AvgIpc) is 2.69. The number of hydrogen-bond donors (Lipinski definition) is 1. The number of halogens is 3. The van der Waals surface area contributed by atoms with Crippen LogP contribution in [0.4, 0.5) is 18.3 Å². The van der Waals surface area contributed by atoms with E-state index in [0.717, 1.165) is 0 Å². The van der Waals surface area contributed by atoms with E-state index in [0.29, 0.717) is 35.7 Å². The SMILES string of the molecule is O=S1CCC(Nc2nnc(C(F)(F)F)s2)CC1. The van der Waals surface area contributed by atoms with Gasteiger partial charge in [-0.3, -0.25) is 4.21 Å². The molecule has 0 bridgehead atoms. The predicted octanol–water partition coefficient (Wildman–Crippen LogP) is 1.88. The first-order valence-corrected chi connectivity index (χ1v) is 7.28. The molecule has 0 aromatic carbocycles. The molecule has 1 aromatic heterocycles.